The van der Waals surface area contributed by atoms with Gasteiger partial charge >= 0.3 is 0 Å². The molecule has 0 radical (unpaired) electrons. The molecule has 0 bridgehead atoms. The number of hydrogen-bond acceptors (Lipinski definition) is 2. The molecule has 1 aromatic rings. The van der Waals surface area contributed by atoms with E-state index in [9.17, 15) is 4.79 Å². The molecule has 0 saturated carbocycles. The number of carbonyl (C=O) groups excluding carboxylic acids is 1. The normalized spacial score (nSPS) is 22.9. The summed E-state index contributed by atoms with van der Waals surface area (Å²) in [5.74, 6) is 0.864. The topological polar surface area (TPSA) is 46.3 Å². The van der Waals surface area contributed by atoms with Crippen molar-refractivity contribution in [1.82, 2.24) is 4.90 Å². The first-order chi connectivity index (χ1) is 9.61. The Morgan fingerprint density at radius 3 is 2.90 bits per heavy atom. The van der Waals surface area contributed by atoms with E-state index in [1.807, 2.05) is 29.2 Å². The van der Waals surface area contributed by atoms with Gasteiger partial charge in [0.15, 0.2) is 0 Å². The monoisotopic (exact) mass is 294 g/mol. The second-order valence-corrected chi connectivity index (χ2v) is 6.10. The van der Waals surface area contributed by atoms with E-state index in [1.165, 1.54) is 0 Å². The number of amides is 1. The minimum Gasteiger partial charge on any atom is -0.338 e. The first kappa shape index (κ1) is 15.3. The molecule has 1 aliphatic rings. The van der Waals surface area contributed by atoms with Gasteiger partial charge in [-0.1, -0.05) is 36.7 Å². The predicted molar refractivity (Wildman–Crippen MR) is 82.7 cm³/mol. The number of nitrogens with zero attached hydrogens (tertiary/aromatic N) is 1. The van der Waals surface area contributed by atoms with E-state index < -0.39 is 0 Å². The minimum absolute atomic E-state index is 0.201. The van der Waals surface area contributed by atoms with Crippen molar-refractivity contribution in [2.75, 3.05) is 13.1 Å². The number of aryl methyl sites for hydroxylation is 1. The van der Waals surface area contributed by atoms with Crippen LogP contribution in [0.4, 0.5) is 0 Å². The van der Waals surface area contributed by atoms with Crippen LogP contribution in [0.15, 0.2) is 24.3 Å². The summed E-state index contributed by atoms with van der Waals surface area (Å²) < 4.78 is 0. The van der Waals surface area contributed by atoms with Crippen molar-refractivity contribution in [1.29, 1.82) is 0 Å². The van der Waals surface area contributed by atoms with Crippen LogP contribution in [0.25, 0.3) is 0 Å². The molecule has 2 rings (SSSR count). The van der Waals surface area contributed by atoms with Crippen LogP contribution in [0, 0.1) is 5.92 Å². The Bertz CT molecular complexity index is 464. The van der Waals surface area contributed by atoms with Crippen LogP contribution in [0.1, 0.15) is 31.7 Å². The molecule has 3 nitrogen and oxygen atoms in total. The molecule has 4 heteroatoms. The first-order valence-electron chi connectivity index (χ1n) is 7.34. The minimum atomic E-state index is 0.201. The summed E-state index contributed by atoms with van der Waals surface area (Å²) >= 11 is 6.12. The standard InChI is InChI=1S/C16H23ClN2O/c1-12-8-9-19(14(10-12)11-18)16(20)7-6-13-4-2-3-5-15(13)17/h2-5,12,14H,6-11,18H2,1H3. The maximum atomic E-state index is 12.4. The molecule has 0 aromatic heterocycles. The second-order valence-electron chi connectivity index (χ2n) is 5.70. The van der Waals surface area contributed by atoms with Crippen molar-refractivity contribution >= 4 is 17.5 Å². The number of rotatable bonds is 4. The lowest BCUT2D eigenvalue weighted by Crippen LogP contribution is -2.49. The van der Waals surface area contributed by atoms with Crippen molar-refractivity contribution in [2.24, 2.45) is 11.7 Å². The van der Waals surface area contributed by atoms with Crippen LogP contribution >= 0.6 is 11.6 Å². The first-order valence-corrected chi connectivity index (χ1v) is 7.72. The van der Waals surface area contributed by atoms with Gasteiger partial charge in [0.05, 0.1) is 0 Å². The Balaban J connectivity index is 1.93. The molecule has 1 heterocycles. The average molecular weight is 295 g/mol. The Morgan fingerprint density at radius 2 is 2.20 bits per heavy atom. The van der Waals surface area contributed by atoms with Gasteiger partial charge in [-0.25, -0.2) is 0 Å². The summed E-state index contributed by atoms with van der Waals surface area (Å²) in [6, 6.07) is 7.92. The van der Waals surface area contributed by atoms with Crippen LogP contribution in [-0.2, 0) is 11.2 Å². The lowest BCUT2D eigenvalue weighted by atomic mass is 9.92. The number of hydrogen-bond donors (Lipinski definition) is 1. The lowest BCUT2D eigenvalue weighted by Gasteiger charge is -2.38. The third kappa shape index (κ3) is 3.74. The molecule has 2 unspecified atom stereocenters. The van der Waals surface area contributed by atoms with Crippen molar-refractivity contribution in [3.8, 4) is 0 Å². The number of piperidine rings is 1. The third-order valence-corrected chi connectivity index (χ3v) is 4.51. The summed E-state index contributed by atoms with van der Waals surface area (Å²) in [4.78, 5) is 14.4. The molecule has 0 spiro atoms. The van der Waals surface area contributed by atoms with E-state index in [1.54, 1.807) is 0 Å². The highest BCUT2D eigenvalue weighted by atomic mass is 35.5. The van der Waals surface area contributed by atoms with Gasteiger partial charge in [0.2, 0.25) is 5.91 Å². The average Bonchev–Trinajstić information content (AvgIpc) is 2.46. The van der Waals surface area contributed by atoms with Gasteiger partial charge < -0.3 is 10.6 Å². The van der Waals surface area contributed by atoms with Crippen molar-refractivity contribution in [3.05, 3.63) is 34.9 Å². The third-order valence-electron chi connectivity index (χ3n) is 4.14. The van der Waals surface area contributed by atoms with E-state index in [0.717, 1.165) is 30.0 Å². The molecular formula is C16H23ClN2O. The van der Waals surface area contributed by atoms with E-state index in [2.05, 4.69) is 6.92 Å². The molecular weight excluding hydrogens is 272 g/mol. The molecule has 1 fully saturated rings. The van der Waals surface area contributed by atoms with Crippen LogP contribution < -0.4 is 5.73 Å². The summed E-state index contributed by atoms with van der Waals surface area (Å²) in [5, 5.41) is 0.739. The molecule has 1 saturated heterocycles. The smallest absolute Gasteiger partial charge is 0.223 e. The quantitative estimate of drug-likeness (QED) is 0.928. The van der Waals surface area contributed by atoms with Gasteiger partial charge in [0, 0.05) is 30.6 Å². The maximum absolute atomic E-state index is 12.4. The molecule has 1 aromatic carbocycles. The summed E-state index contributed by atoms with van der Waals surface area (Å²) in [7, 11) is 0. The fourth-order valence-electron chi connectivity index (χ4n) is 2.89. The van der Waals surface area contributed by atoms with Crippen molar-refractivity contribution < 1.29 is 4.79 Å². The maximum Gasteiger partial charge on any atom is 0.223 e. The Labute approximate surface area is 126 Å². The highest BCUT2D eigenvalue weighted by molar-refractivity contribution is 6.31. The van der Waals surface area contributed by atoms with Gasteiger partial charge in [-0.2, -0.15) is 0 Å². The fraction of sp³-hybridized carbons (Fsp3) is 0.562. The van der Waals surface area contributed by atoms with Gasteiger partial charge in [-0.05, 0) is 36.8 Å². The fourth-order valence-corrected chi connectivity index (χ4v) is 3.12. The highest BCUT2D eigenvalue weighted by Gasteiger charge is 2.28. The van der Waals surface area contributed by atoms with Crippen LogP contribution in [0.2, 0.25) is 5.02 Å². The van der Waals surface area contributed by atoms with Crippen molar-refractivity contribution in [3.63, 3.8) is 0 Å². The zero-order valence-corrected chi connectivity index (χ0v) is 12.8. The lowest BCUT2D eigenvalue weighted by molar-refractivity contribution is -0.135. The van der Waals surface area contributed by atoms with E-state index in [0.29, 0.717) is 25.3 Å². The van der Waals surface area contributed by atoms with E-state index >= 15 is 0 Å². The zero-order valence-electron chi connectivity index (χ0n) is 12.0. The van der Waals surface area contributed by atoms with Crippen LogP contribution in [-0.4, -0.2) is 29.9 Å². The number of halogens is 1. The Morgan fingerprint density at radius 1 is 1.45 bits per heavy atom. The predicted octanol–water partition coefficient (Wildman–Crippen LogP) is 2.86. The van der Waals surface area contributed by atoms with Gasteiger partial charge in [0.1, 0.15) is 0 Å². The van der Waals surface area contributed by atoms with Crippen molar-refractivity contribution in [2.45, 2.75) is 38.6 Å². The summed E-state index contributed by atoms with van der Waals surface area (Å²) in [6.45, 7) is 3.63. The summed E-state index contributed by atoms with van der Waals surface area (Å²) in [5.41, 5.74) is 6.85. The van der Waals surface area contributed by atoms with Gasteiger partial charge in [-0.3, -0.25) is 4.79 Å². The molecule has 0 aliphatic carbocycles. The number of carbonyl (C=O) groups is 1. The van der Waals surface area contributed by atoms with E-state index in [4.69, 9.17) is 17.3 Å². The largest absolute Gasteiger partial charge is 0.338 e. The molecule has 1 aliphatic heterocycles. The molecule has 110 valence electrons. The van der Waals surface area contributed by atoms with E-state index in [-0.39, 0.29) is 11.9 Å². The second kappa shape index (κ2) is 7.09. The zero-order chi connectivity index (χ0) is 14.5. The number of likely N-dealkylation sites (tertiary alicyclic amines) is 1. The molecule has 2 atom stereocenters. The highest BCUT2D eigenvalue weighted by Crippen LogP contribution is 2.23. The molecule has 20 heavy (non-hydrogen) atoms. The number of nitrogens with two attached hydrogens (primary N) is 1. The van der Waals surface area contributed by atoms with Crippen LogP contribution in [0.3, 0.4) is 0 Å². The number of benzene rings is 1. The molecule has 1 amide bonds. The van der Waals surface area contributed by atoms with Crippen LogP contribution in [0.5, 0.6) is 0 Å². The Hall–Kier alpha value is -1.06. The Kier molecular flexibility index (Phi) is 5.44. The molecule has 2 N–H and O–H groups in total. The SMILES string of the molecule is CC1CCN(C(=O)CCc2ccccc2Cl)C(CN)C1. The van der Waals surface area contributed by atoms with Gasteiger partial charge in [-0.15, -0.1) is 0 Å². The summed E-state index contributed by atoms with van der Waals surface area (Å²) in [6.07, 6.45) is 3.30. The van der Waals surface area contributed by atoms with Gasteiger partial charge in [0.25, 0.3) is 0 Å².